The first kappa shape index (κ1) is 23.0. The van der Waals surface area contributed by atoms with Crippen molar-refractivity contribution >= 4 is 11.8 Å². The number of hydrogen-bond donors (Lipinski definition) is 2. The molecule has 1 unspecified atom stereocenters. The number of rotatable bonds is 6. The quantitative estimate of drug-likeness (QED) is 0.572. The molecule has 0 aromatic carbocycles. The Labute approximate surface area is 187 Å². The Morgan fingerprint density at radius 2 is 1.87 bits per heavy atom. The van der Waals surface area contributed by atoms with Crippen LogP contribution in [0, 0.1) is 46.3 Å². The van der Waals surface area contributed by atoms with Crippen molar-refractivity contribution in [3.63, 3.8) is 0 Å². The Balaban J connectivity index is 1.49. The summed E-state index contributed by atoms with van der Waals surface area (Å²) < 4.78 is 0. The van der Waals surface area contributed by atoms with Crippen molar-refractivity contribution in [1.82, 2.24) is 0 Å². The first-order chi connectivity index (χ1) is 14.6. The van der Waals surface area contributed by atoms with E-state index in [9.17, 15) is 14.7 Å². The van der Waals surface area contributed by atoms with Crippen molar-refractivity contribution in [2.24, 2.45) is 46.3 Å². The highest BCUT2D eigenvalue weighted by atomic mass is 16.4. The maximum Gasteiger partial charge on any atom is 0.306 e. The van der Waals surface area contributed by atoms with Crippen LogP contribution in [0.2, 0.25) is 0 Å². The third-order valence-corrected chi connectivity index (χ3v) is 10.5. The first-order valence-electron chi connectivity index (χ1n) is 12.7. The molecule has 0 heterocycles. The van der Waals surface area contributed by atoms with Crippen LogP contribution in [-0.2, 0) is 9.59 Å². The molecule has 4 aliphatic carbocycles. The molecule has 9 atom stereocenters. The minimum Gasteiger partial charge on any atom is -0.481 e. The molecule has 0 aromatic rings. The second-order valence-electron chi connectivity index (χ2n) is 12.0. The van der Waals surface area contributed by atoms with Crippen LogP contribution in [0.5, 0.6) is 0 Å². The average Bonchev–Trinajstić information content (AvgIpc) is 3.06. The van der Waals surface area contributed by atoms with Crippen LogP contribution in [0.15, 0.2) is 11.6 Å². The fourth-order valence-electron chi connectivity index (χ4n) is 8.57. The molecule has 4 heteroatoms. The molecule has 0 bridgehead atoms. The summed E-state index contributed by atoms with van der Waals surface area (Å²) in [5, 5.41) is 20.4. The van der Waals surface area contributed by atoms with E-state index in [1.165, 1.54) is 24.8 Å². The van der Waals surface area contributed by atoms with Crippen molar-refractivity contribution in [3.05, 3.63) is 11.6 Å². The van der Waals surface area contributed by atoms with Gasteiger partial charge >= 0.3 is 5.97 Å². The van der Waals surface area contributed by atoms with Crippen LogP contribution in [0.3, 0.4) is 0 Å². The molecule has 0 radical (unpaired) electrons. The van der Waals surface area contributed by atoms with E-state index in [0.717, 1.165) is 32.1 Å². The lowest BCUT2D eigenvalue weighted by atomic mass is 9.45. The van der Waals surface area contributed by atoms with Crippen LogP contribution < -0.4 is 0 Å². The van der Waals surface area contributed by atoms with Gasteiger partial charge in [0.15, 0.2) is 5.78 Å². The summed E-state index contributed by atoms with van der Waals surface area (Å²) in [7, 11) is 0. The topological polar surface area (TPSA) is 74.6 Å². The fourth-order valence-corrected chi connectivity index (χ4v) is 8.57. The average molecular weight is 431 g/mol. The maximum absolute atomic E-state index is 12.1. The van der Waals surface area contributed by atoms with Gasteiger partial charge in [0.2, 0.25) is 0 Å². The Bertz CT molecular complexity index is 756. The van der Waals surface area contributed by atoms with Gasteiger partial charge in [-0.25, -0.2) is 0 Å². The Morgan fingerprint density at radius 3 is 2.58 bits per heavy atom. The molecular weight excluding hydrogens is 388 g/mol. The van der Waals surface area contributed by atoms with E-state index in [1.54, 1.807) is 0 Å². The first-order valence-corrected chi connectivity index (χ1v) is 12.7. The summed E-state index contributed by atoms with van der Waals surface area (Å²) in [6.07, 6.45) is 11.6. The minimum atomic E-state index is -0.684. The number of aliphatic hydroxyl groups excluding tert-OH is 1. The van der Waals surface area contributed by atoms with Crippen LogP contribution in [0.25, 0.3) is 0 Å². The van der Waals surface area contributed by atoms with Crippen LogP contribution in [-0.4, -0.2) is 28.1 Å². The SMILES string of the molecule is CC(CCC[C@@H](C)[C@H]1CC[C@H]2[C@@H]3[C@@H](O)CC4=CC(=O)CC[C@]4(C)[C@H]3CC[C@]12C)C(=O)O. The van der Waals surface area contributed by atoms with Gasteiger partial charge < -0.3 is 10.2 Å². The summed E-state index contributed by atoms with van der Waals surface area (Å²) in [5.41, 5.74) is 1.59. The lowest BCUT2D eigenvalue weighted by Gasteiger charge is -2.60. The van der Waals surface area contributed by atoms with Crippen molar-refractivity contribution in [3.8, 4) is 0 Å². The van der Waals surface area contributed by atoms with E-state index in [0.29, 0.717) is 42.4 Å². The van der Waals surface area contributed by atoms with Gasteiger partial charge in [0, 0.05) is 6.42 Å². The van der Waals surface area contributed by atoms with Crippen LogP contribution >= 0.6 is 0 Å². The van der Waals surface area contributed by atoms with Crippen molar-refractivity contribution in [2.45, 2.75) is 98.0 Å². The highest BCUT2D eigenvalue weighted by Gasteiger charge is 2.61. The lowest BCUT2D eigenvalue weighted by Crippen LogP contribution is -2.55. The molecule has 3 fully saturated rings. The summed E-state index contributed by atoms with van der Waals surface area (Å²) in [4.78, 5) is 23.2. The molecule has 31 heavy (non-hydrogen) atoms. The molecule has 0 saturated heterocycles. The van der Waals surface area contributed by atoms with Gasteiger partial charge in [-0.2, -0.15) is 0 Å². The zero-order chi connectivity index (χ0) is 22.6. The number of hydrogen-bond acceptors (Lipinski definition) is 3. The van der Waals surface area contributed by atoms with Gasteiger partial charge in [0.1, 0.15) is 0 Å². The number of aliphatic hydroxyl groups is 1. The largest absolute Gasteiger partial charge is 0.481 e. The monoisotopic (exact) mass is 430 g/mol. The van der Waals surface area contributed by atoms with Gasteiger partial charge in [-0.1, -0.05) is 46.1 Å². The molecule has 0 amide bonds. The maximum atomic E-state index is 12.1. The van der Waals surface area contributed by atoms with Gasteiger partial charge in [0.05, 0.1) is 12.0 Å². The lowest BCUT2D eigenvalue weighted by molar-refractivity contribution is -0.141. The second kappa shape index (κ2) is 8.32. The molecule has 4 nitrogen and oxygen atoms in total. The standard InChI is InChI=1S/C27H42O4/c1-16(6-5-7-17(2)25(30)31)20-8-9-21-24-22(11-13-27(20,21)4)26(3)12-10-19(28)14-18(26)15-23(24)29/h14,16-17,20-24,29H,5-13,15H2,1-4H3,(H,30,31)/t16-,17?,20-,21+,22+,23+,24+,26+,27-/m1/s1. The molecule has 0 aliphatic heterocycles. The molecule has 0 aromatic heterocycles. The predicted octanol–water partition coefficient (Wildman–Crippen LogP) is 5.63. The van der Waals surface area contributed by atoms with Gasteiger partial charge in [0.25, 0.3) is 0 Å². The molecule has 4 rings (SSSR count). The summed E-state index contributed by atoms with van der Waals surface area (Å²) >= 11 is 0. The summed E-state index contributed by atoms with van der Waals surface area (Å²) in [6, 6.07) is 0. The Hall–Kier alpha value is -1.16. The van der Waals surface area contributed by atoms with Crippen molar-refractivity contribution < 1.29 is 19.8 Å². The van der Waals surface area contributed by atoms with Crippen LogP contribution in [0.1, 0.15) is 91.9 Å². The molecular formula is C27H42O4. The van der Waals surface area contributed by atoms with Gasteiger partial charge in [-0.15, -0.1) is 0 Å². The van der Waals surface area contributed by atoms with E-state index in [2.05, 4.69) is 20.8 Å². The van der Waals surface area contributed by atoms with Gasteiger partial charge in [-0.3, -0.25) is 9.59 Å². The molecule has 0 spiro atoms. The summed E-state index contributed by atoms with van der Waals surface area (Å²) in [5.74, 6) is 2.01. The third kappa shape index (κ3) is 3.81. The Morgan fingerprint density at radius 1 is 1.13 bits per heavy atom. The number of fused-ring (bicyclic) bond motifs is 5. The molecule has 3 saturated carbocycles. The third-order valence-electron chi connectivity index (χ3n) is 10.5. The van der Waals surface area contributed by atoms with Crippen molar-refractivity contribution in [2.75, 3.05) is 0 Å². The fraction of sp³-hybridized carbons (Fsp3) is 0.852. The van der Waals surface area contributed by atoms with E-state index in [1.807, 2.05) is 13.0 Å². The molecule has 174 valence electrons. The zero-order valence-corrected chi connectivity index (χ0v) is 19.9. The zero-order valence-electron chi connectivity index (χ0n) is 19.9. The number of aliphatic carboxylic acids is 1. The normalized spacial score (nSPS) is 44.0. The van der Waals surface area contributed by atoms with E-state index >= 15 is 0 Å². The van der Waals surface area contributed by atoms with E-state index in [-0.39, 0.29) is 28.6 Å². The second-order valence-corrected chi connectivity index (χ2v) is 12.0. The summed E-state index contributed by atoms with van der Waals surface area (Å²) in [6.45, 7) is 9.05. The van der Waals surface area contributed by atoms with Crippen molar-refractivity contribution in [1.29, 1.82) is 0 Å². The number of carbonyl (C=O) groups excluding carboxylic acids is 1. The molecule has 4 aliphatic rings. The Kier molecular flexibility index (Phi) is 6.17. The number of carboxylic acids is 1. The predicted molar refractivity (Wildman–Crippen MR) is 121 cm³/mol. The smallest absolute Gasteiger partial charge is 0.306 e. The molecule has 2 N–H and O–H groups in total. The highest BCUT2D eigenvalue weighted by molar-refractivity contribution is 5.91. The van der Waals surface area contributed by atoms with E-state index < -0.39 is 5.97 Å². The number of carboxylic acid groups (broad SMARTS) is 1. The number of ketones is 1. The van der Waals surface area contributed by atoms with Crippen LogP contribution in [0.4, 0.5) is 0 Å². The minimum absolute atomic E-state index is 0.0931. The van der Waals surface area contributed by atoms with E-state index in [4.69, 9.17) is 5.11 Å². The van der Waals surface area contributed by atoms with Gasteiger partial charge in [-0.05, 0) is 91.4 Å². The number of carbonyl (C=O) groups is 2. The highest BCUT2D eigenvalue weighted by Crippen LogP contribution is 2.67.